The minimum absolute atomic E-state index is 0.0262. The fourth-order valence-corrected chi connectivity index (χ4v) is 8.50. The highest BCUT2D eigenvalue weighted by atomic mass is 19.1. The summed E-state index contributed by atoms with van der Waals surface area (Å²) in [6.07, 6.45) is 6.43. The Labute approximate surface area is 241 Å². The number of hydrogen-bond donors (Lipinski definition) is 0. The largest absolute Gasteiger partial charge is 0.493 e. The van der Waals surface area contributed by atoms with Crippen LogP contribution in [0.4, 0.5) is 4.39 Å². The van der Waals surface area contributed by atoms with Crippen LogP contribution in [0.15, 0.2) is 54.6 Å². The van der Waals surface area contributed by atoms with Crippen molar-refractivity contribution in [3.05, 3.63) is 66.0 Å². The van der Waals surface area contributed by atoms with Crippen LogP contribution in [-0.4, -0.2) is 50.0 Å². The number of halogens is 1. The van der Waals surface area contributed by atoms with E-state index in [0.29, 0.717) is 24.8 Å². The Balaban J connectivity index is 1.06. The van der Waals surface area contributed by atoms with Gasteiger partial charge in [0.1, 0.15) is 17.7 Å². The first kappa shape index (κ1) is 26.8. The summed E-state index contributed by atoms with van der Waals surface area (Å²) in [5.74, 6) is 2.98. The van der Waals surface area contributed by atoms with E-state index in [-0.39, 0.29) is 53.8 Å². The van der Waals surface area contributed by atoms with Gasteiger partial charge < -0.3 is 23.8 Å². The summed E-state index contributed by atoms with van der Waals surface area (Å²) in [5.41, 5.74) is 2.71. The van der Waals surface area contributed by atoms with Gasteiger partial charge in [0.2, 0.25) is 6.79 Å². The van der Waals surface area contributed by atoms with E-state index in [2.05, 4.69) is 18.4 Å². The minimum Gasteiger partial charge on any atom is -0.493 e. The van der Waals surface area contributed by atoms with E-state index in [9.17, 15) is 9.18 Å². The van der Waals surface area contributed by atoms with Crippen LogP contribution in [0, 0.1) is 34.9 Å². The van der Waals surface area contributed by atoms with Gasteiger partial charge in [-0.15, -0.1) is 0 Å². The lowest BCUT2D eigenvalue weighted by Gasteiger charge is -2.50. The lowest BCUT2D eigenvalue weighted by molar-refractivity contribution is -0.146. The van der Waals surface area contributed by atoms with Crippen LogP contribution < -0.4 is 14.2 Å². The van der Waals surface area contributed by atoms with Gasteiger partial charge in [-0.25, -0.2) is 4.39 Å². The van der Waals surface area contributed by atoms with Crippen LogP contribution in [0.2, 0.25) is 0 Å². The monoisotopic (exact) mass is 561 g/mol. The van der Waals surface area contributed by atoms with Crippen molar-refractivity contribution < 1.29 is 28.1 Å². The number of carbonyl (C=O) groups excluding carboxylic acids is 1. The molecular formula is C34H40FNO5. The number of carbonyl (C=O) groups is 1. The van der Waals surface area contributed by atoms with E-state index in [1.54, 1.807) is 12.1 Å². The molecular weight excluding hydrogens is 521 g/mol. The van der Waals surface area contributed by atoms with Crippen LogP contribution >= 0.6 is 0 Å². The van der Waals surface area contributed by atoms with Crippen molar-refractivity contribution in [3.63, 3.8) is 0 Å². The van der Waals surface area contributed by atoms with Gasteiger partial charge in [0.15, 0.2) is 11.5 Å². The molecule has 5 aliphatic rings. The Morgan fingerprint density at radius 2 is 1.98 bits per heavy atom. The fourth-order valence-electron chi connectivity index (χ4n) is 8.50. The number of rotatable bonds is 6. The molecule has 2 saturated carbocycles. The van der Waals surface area contributed by atoms with Gasteiger partial charge in [-0.2, -0.15) is 0 Å². The highest BCUT2D eigenvalue weighted by molar-refractivity contribution is 5.75. The summed E-state index contributed by atoms with van der Waals surface area (Å²) in [5, 5.41) is 0. The number of allylic oxidation sites excluding steroid dienone is 1. The second-order valence-corrected chi connectivity index (χ2v) is 13.2. The molecule has 2 aromatic carbocycles. The number of ether oxygens (including phenoxy) is 4. The number of hydrogen-bond acceptors (Lipinski definition) is 6. The van der Waals surface area contributed by atoms with Gasteiger partial charge >= 0.3 is 5.97 Å². The lowest BCUT2D eigenvalue weighted by atomic mass is 9.55. The average Bonchev–Trinajstić information content (AvgIpc) is 3.54. The zero-order valence-electron chi connectivity index (χ0n) is 23.9. The van der Waals surface area contributed by atoms with Crippen molar-refractivity contribution in [2.75, 3.05) is 33.0 Å². The van der Waals surface area contributed by atoms with E-state index in [1.807, 2.05) is 30.3 Å². The second kappa shape index (κ2) is 10.6. The molecule has 7 heteroatoms. The number of nitrogens with zero attached hydrogens (tertiary/aromatic N) is 1. The van der Waals surface area contributed by atoms with E-state index in [1.165, 1.54) is 18.4 Å². The van der Waals surface area contributed by atoms with Crippen molar-refractivity contribution >= 4 is 5.97 Å². The Kier molecular flexibility index (Phi) is 6.96. The molecule has 7 rings (SSSR count). The normalized spacial score (nSPS) is 34.6. The predicted octanol–water partition coefficient (Wildman–Crippen LogP) is 6.35. The molecule has 3 heterocycles. The van der Waals surface area contributed by atoms with Crippen LogP contribution in [0.5, 0.6) is 17.2 Å². The molecule has 0 unspecified atom stereocenters. The molecule has 0 spiro atoms. The smallest absolute Gasteiger partial charge is 0.310 e. The Bertz CT molecular complexity index is 1310. The summed E-state index contributed by atoms with van der Waals surface area (Å²) in [6.45, 7) is 9.97. The summed E-state index contributed by atoms with van der Waals surface area (Å²) >= 11 is 0. The number of esters is 1. The Morgan fingerprint density at radius 3 is 2.83 bits per heavy atom. The van der Waals surface area contributed by atoms with Crippen LogP contribution in [0.3, 0.4) is 0 Å². The minimum atomic E-state index is -0.224. The van der Waals surface area contributed by atoms with Crippen molar-refractivity contribution in [1.82, 2.24) is 4.90 Å². The molecule has 0 N–H and O–H groups in total. The Hall–Kier alpha value is -3.06. The van der Waals surface area contributed by atoms with E-state index in [4.69, 9.17) is 18.9 Å². The maximum absolute atomic E-state index is 13.7. The van der Waals surface area contributed by atoms with Gasteiger partial charge in [-0.3, -0.25) is 4.79 Å². The molecule has 2 saturated heterocycles. The van der Waals surface area contributed by atoms with Crippen molar-refractivity contribution in [2.45, 2.75) is 57.5 Å². The summed E-state index contributed by atoms with van der Waals surface area (Å²) in [4.78, 5) is 15.7. The summed E-state index contributed by atoms with van der Waals surface area (Å²) in [7, 11) is 0. The second-order valence-electron chi connectivity index (χ2n) is 13.2. The third-order valence-electron chi connectivity index (χ3n) is 10.7. The van der Waals surface area contributed by atoms with E-state index < -0.39 is 0 Å². The molecule has 3 aliphatic heterocycles. The quantitative estimate of drug-likeness (QED) is 0.303. The first-order valence-electron chi connectivity index (χ1n) is 15.2. The molecule has 2 aromatic rings. The Morgan fingerprint density at radius 1 is 1.15 bits per heavy atom. The van der Waals surface area contributed by atoms with Gasteiger partial charge in [-0.05, 0) is 92.1 Å². The van der Waals surface area contributed by atoms with Crippen molar-refractivity contribution in [1.29, 1.82) is 0 Å². The van der Waals surface area contributed by atoms with Crippen LogP contribution in [0.25, 0.3) is 0 Å². The maximum Gasteiger partial charge on any atom is 0.310 e. The predicted molar refractivity (Wildman–Crippen MR) is 152 cm³/mol. The van der Waals surface area contributed by atoms with E-state index in [0.717, 1.165) is 55.8 Å². The zero-order valence-corrected chi connectivity index (χ0v) is 23.9. The molecule has 7 atom stereocenters. The standard InChI is InChI=1S/C34H40FNO5/c1-21-4-3-12-34(2)16-32-27(15-29(21)34)28(33(37)41-32)18-36-13-11-26(22-5-7-24(35)8-6-22)23(17-36)19-38-25-9-10-30-31(14-25)40-20-39-30/h5-10,14,23,26-29,32H,1,3-4,11-13,15-20H2,2H3/t23-,26+,27-,28-,29-,32+,34+/m0/s1. The van der Waals surface area contributed by atoms with Gasteiger partial charge in [0, 0.05) is 31.0 Å². The molecule has 6 nitrogen and oxygen atoms in total. The number of piperidine rings is 1. The first-order chi connectivity index (χ1) is 19.9. The van der Waals surface area contributed by atoms with E-state index >= 15 is 0 Å². The molecule has 0 bridgehead atoms. The first-order valence-corrected chi connectivity index (χ1v) is 15.2. The molecule has 0 aromatic heterocycles. The number of likely N-dealkylation sites (tertiary alicyclic amines) is 1. The van der Waals surface area contributed by atoms with Crippen LogP contribution in [-0.2, 0) is 9.53 Å². The van der Waals surface area contributed by atoms with Crippen molar-refractivity contribution in [3.8, 4) is 17.2 Å². The topological polar surface area (TPSA) is 57.2 Å². The molecule has 0 radical (unpaired) electrons. The van der Waals surface area contributed by atoms with Gasteiger partial charge in [0.25, 0.3) is 0 Å². The van der Waals surface area contributed by atoms with Crippen LogP contribution in [0.1, 0.15) is 56.9 Å². The van der Waals surface area contributed by atoms with Crippen molar-refractivity contribution in [2.24, 2.45) is 29.1 Å². The molecule has 2 aliphatic carbocycles. The molecule has 218 valence electrons. The highest BCUT2D eigenvalue weighted by Gasteiger charge is 2.55. The lowest BCUT2D eigenvalue weighted by Crippen LogP contribution is -2.48. The average molecular weight is 562 g/mol. The fraction of sp³-hybridized carbons (Fsp3) is 0.559. The maximum atomic E-state index is 13.7. The number of fused-ring (bicyclic) bond motifs is 3. The summed E-state index contributed by atoms with van der Waals surface area (Å²) < 4.78 is 37.1. The third-order valence-corrected chi connectivity index (χ3v) is 10.7. The molecule has 0 amide bonds. The highest BCUT2D eigenvalue weighted by Crippen LogP contribution is 2.57. The molecule has 4 fully saturated rings. The molecule has 41 heavy (non-hydrogen) atoms. The zero-order chi connectivity index (χ0) is 28.1. The third kappa shape index (κ3) is 5.11. The summed E-state index contributed by atoms with van der Waals surface area (Å²) in [6, 6.07) is 12.5. The van der Waals surface area contributed by atoms with Gasteiger partial charge in [-0.1, -0.05) is 31.2 Å². The SMILES string of the molecule is C=C1CCC[C@]2(C)C[C@H]3OC(=O)[C@@H](CN4CC[C@H](c5ccc(F)cc5)[C@H](COc5ccc6c(c5)OCO6)C4)[C@@H]3C[C@@H]12. The number of benzene rings is 2. The van der Waals surface area contributed by atoms with Gasteiger partial charge in [0.05, 0.1) is 12.5 Å².